The Bertz CT molecular complexity index is 776. The number of carbonyl (C=O) groups excluding carboxylic acids is 1. The van der Waals surface area contributed by atoms with Gasteiger partial charge in [0.1, 0.15) is 6.29 Å². The van der Waals surface area contributed by atoms with E-state index >= 15 is 0 Å². The average molecular weight is 409 g/mol. The number of aldehydes is 1. The van der Waals surface area contributed by atoms with Crippen LogP contribution in [0.15, 0.2) is 35.6 Å². The maximum Gasteiger partial charge on any atom is 0.201 e. The molecule has 1 heterocycles. The van der Waals surface area contributed by atoms with Crippen molar-refractivity contribution in [1.82, 2.24) is 4.98 Å². The number of amidine groups is 1. The molecule has 146 valence electrons. The molecule has 0 saturated heterocycles. The lowest BCUT2D eigenvalue weighted by atomic mass is 10.1. The number of nitrogens with two attached hydrogens (primary N) is 2. The highest BCUT2D eigenvalue weighted by molar-refractivity contribution is 8.14. The Balaban J connectivity index is 0.000000337. The Hall–Kier alpha value is -2.29. The van der Waals surface area contributed by atoms with Crippen LogP contribution in [0.3, 0.4) is 0 Å². The molecule has 0 spiro atoms. The average Bonchev–Trinajstić information content (AvgIpc) is 2.62. The van der Waals surface area contributed by atoms with Crippen molar-refractivity contribution in [3.05, 3.63) is 52.3 Å². The van der Waals surface area contributed by atoms with Crippen LogP contribution in [0.25, 0.3) is 0 Å². The lowest BCUT2D eigenvalue weighted by Crippen LogP contribution is -2.37. The van der Waals surface area contributed by atoms with Gasteiger partial charge in [-0.3, -0.25) is 5.01 Å². The van der Waals surface area contributed by atoms with E-state index in [9.17, 15) is 4.79 Å². The maximum absolute atomic E-state index is 10.4. The smallest absolute Gasteiger partial charge is 0.201 e. The van der Waals surface area contributed by atoms with Gasteiger partial charge in [-0.05, 0) is 44.0 Å². The van der Waals surface area contributed by atoms with Gasteiger partial charge in [-0.15, -0.1) is 0 Å². The van der Waals surface area contributed by atoms with Crippen LogP contribution in [0.4, 0.5) is 11.4 Å². The highest BCUT2D eigenvalue weighted by Crippen LogP contribution is 2.26. The summed E-state index contributed by atoms with van der Waals surface area (Å²) in [6, 6.07) is 7.79. The number of hydrazine groups is 1. The zero-order valence-electron chi connectivity index (χ0n) is 15.9. The standard InChI is InChI=1S/C12H18N4OS.C6H7ClN2/c1-8-6-9(2)11(10(3)7-8)16(14)12(15-13)18-5-4-17;1-8-5-3-2-4-9-6(5)7/h4,6-7H,5,13-14H2,1-3H3;2-4,8H,1H3/b15-12+;. The third-order valence-corrected chi connectivity index (χ3v) is 4.67. The molecule has 0 aliphatic rings. The fraction of sp³-hybridized carbons (Fsp3) is 0.278. The Kier molecular flexibility index (Phi) is 9.63. The number of carbonyl (C=O) groups is 1. The molecule has 0 bridgehead atoms. The van der Waals surface area contributed by atoms with E-state index in [-0.39, 0.29) is 5.75 Å². The van der Waals surface area contributed by atoms with Crippen molar-refractivity contribution in [2.24, 2.45) is 16.8 Å². The van der Waals surface area contributed by atoms with Crippen molar-refractivity contribution < 1.29 is 4.79 Å². The number of hydrazone groups is 1. The zero-order chi connectivity index (χ0) is 20.4. The molecule has 7 nitrogen and oxygen atoms in total. The summed E-state index contributed by atoms with van der Waals surface area (Å²) in [6.45, 7) is 5.99. The third kappa shape index (κ3) is 6.74. The van der Waals surface area contributed by atoms with Crippen LogP contribution in [0.1, 0.15) is 16.7 Å². The van der Waals surface area contributed by atoms with Gasteiger partial charge in [-0.2, -0.15) is 5.10 Å². The van der Waals surface area contributed by atoms with Gasteiger partial charge in [0.25, 0.3) is 0 Å². The Morgan fingerprint density at radius 1 is 1.37 bits per heavy atom. The summed E-state index contributed by atoms with van der Waals surface area (Å²) in [7, 11) is 1.81. The summed E-state index contributed by atoms with van der Waals surface area (Å²) < 4.78 is 0. The molecule has 0 aliphatic carbocycles. The molecule has 0 amide bonds. The van der Waals surface area contributed by atoms with Crippen LogP contribution < -0.4 is 22.0 Å². The number of nitrogens with one attached hydrogen (secondary N) is 1. The molecule has 0 atom stereocenters. The fourth-order valence-corrected chi connectivity index (χ4v) is 3.23. The molecule has 2 aromatic rings. The van der Waals surface area contributed by atoms with Crippen LogP contribution in [0.5, 0.6) is 0 Å². The van der Waals surface area contributed by atoms with E-state index in [4.69, 9.17) is 23.3 Å². The van der Waals surface area contributed by atoms with Gasteiger partial charge >= 0.3 is 0 Å². The van der Waals surface area contributed by atoms with Crippen LogP contribution in [0.2, 0.25) is 5.15 Å². The molecule has 0 aliphatic heterocycles. The minimum Gasteiger partial charge on any atom is -0.386 e. The highest BCUT2D eigenvalue weighted by atomic mass is 35.5. The van der Waals surface area contributed by atoms with E-state index in [1.807, 2.05) is 52.1 Å². The van der Waals surface area contributed by atoms with Gasteiger partial charge in [-0.25, -0.2) is 10.8 Å². The first-order valence-corrected chi connectivity index (χ1v) is 9.47. The number of halogens is 1. The molecule has 9 heteroatoms. The van der Waals surface area contributed by atoms with Gasteiger partial charge in [0.2, 0.25) is 5.17 Å². The number of pyridine rings is 1. The number of hydrogen-bond acceptors (Lipinski definition) is 7. The first-order chi connectivity index (χ1) is 12.8. The SMILES string of the molecule is CNc1cccnc1Cl.Cc1cc(C)c(N(N)/C(=N\N)SCC=O)c(C)c1. The number of aryl methyl sites for hydroxylation is 3. The number of thioether (sulfide) groups is 1. The van der Waals surface area contributed by atoms with Gasteiger partial charge in [0.05, 0.1) is 17.1 Å². The summed E-state index contributed by atoms with van der Waals surface area (Å²) in [4.78, 5) is 14.2. The van der Waals surface area contributed by atoms with Gasteiger partial charge in [-0.1, -0.05) is 41.1 Å². The van der Waals surface area contributed by atoms with Crippen molar-refractivity contribution in [1.29, 1.82) is 0 Å². The molecule has 0 radical (unpaired) electrons. The Morgan fingerprint density at radius 2 is 2.00 bits per heavy atom. The summed E-state index contributed by atoms with van der Waals surface area (Å²) in [5.74, 6) is 11.6. The monoisotopic (exact) mass is 408 g/mol. The molecular formula is C18H25ClN6OS. The summed E-state index contributed by atoms with van der Waals surface area (Å²) >= 11 is 6.85. The van der Waals surface area contributed by atoms with Crippen molar-refractivity contribution in [2.45, 2.75) is 20.8 Å². The molecular weight excluding hydrogens is 384 g/mol. The number of benzene rings is 1. The number of nitrogens with zero attached hydrogens (tertiary/aromatic N) is 3. The fourth-order valence-electron chi connectivity index (χ4n) is 2.50. The van der Waals surface area contributed by atoms with Crippen LogP contribution >= 0.6 is 23.4 Å². The molecule has 1 aromatic carbocycles. The van der Waals surface area contributed by atoms with Crippen LogP contribution in [-0.4, -0.2) is 29.2 Å². The summed E-state index contributed by atoms with van der Waals surface area (Å²) in [5, 5.41) is 8.89. The molecule has 27 heavy (non-hydrogen) atoms. The highest BCUT2D eigenvalue weighted by Gasteiger charge is 2.15. The van der Waals surface area contributed by atoms with Crippen LogP contribution in [-0.2, 0) is 4.79 Å². The number of aromatic nitrogens is 1. The lowest BCUT2D eigenvalue weighted by Gasteiger charge is -2.23. The number of hydrogen-bond donors (Lipinski definition) is 3. The van der Waals surface area contributed by atoms with E-state index in [1.165, 1.54) is 22.3 Å². The lowest BCUT2D eigenvalue weighted by molar-refractivity contribution is -0.105. The largest absolute Gasteiger partial charge is 0.386 e. The van der Waals surface area contributed by atoms with Gasteiger partial charge in [0, 0.05) is 13.2 Å². The number of rotatable bonds is 4. The second-order valence-electron chi connectivity index (χ2n) is 5.60. The van der Waals surface area contributed by atoms with E-state index < -0.39 is 0 Å². The molecule has 2 rings (SSSR count). The first-order valence-electron chi connectivity index (χ1n) is 8.10. The maximum atomic E-state index is 10.4. The van der Waals surface area contributed by atoms with E-state index in [1.54, 1.807) is 6.20 Å². The minimum absolute atomic E-state index is 0.272. The molecule has 5 N–H and O–H groups in total. The topological polar surface area (TPSA) is 110 Å². The first kappa shape index (κ1) is 22.8. The Labute approximate surface area is 169 Å². The second-order valence-corrected chi connectivity index (χ2v) is 6.94. The summed E-state index contributed by atoms with van der Waals surface area (Å²) in [6.07, 6.45) is 2.45. The normalized spacial score (nSPS) is 10.7. The van der Waals surface area contributed by atoms with E-state index in [2.05, 4.69) is 15.4 Å². The molecule has 1 aromatic heterocycles. The molecule has 0 unspecified atom stereocenters. The van der Waals surface area contributed by atoms with Crippen molar-refractivity contribution in [3.8, 4) is 0 Å². The number of anilines is 2. The van der Waals surface area contributed by atoms with Gasteiger partial charge in [0.15, 0.2) is 5.15 Å². The van der Waals surface area contributed by atoms with Crippen molar-refractivity contribution in [3.63, 3.8) is 0 Å². The van der Waals surface area contributed by atoms with E-state index in [0.29, 0.717) is 10.3 Å². The Morgan fingerprint density at radius 3 is 2.44 bits per heavy atom. The van der Waals surface area contributed by atoms with Gasteiger partial charge < -0.3 is 16.0 Å². The predicted octanol–water partition coefficient (Wildman–Crippen LogP) is 3.23. The quantitative estimate of drug-likeness (QED) is 0.178. The summed E-state index contributed by atoms with van der Waals surface area (Å²) in [5.41, 5.74) is 4.99. The predicted molar refractivity (Wildman–Crippen MR) is 116 cm³/mol. The third-order valence-electron chi connectivity index (χ3n) is 3.50. The minimum atomic E-state index is 0.272. The second kappa shape index (κ2) is 11.4. The van der Waals surface area contributed by atoms with Crippen LogP contribution in [0, 0.1) is 20.8 Å². The van der Waals surface area contributed by atoms with E-state index in [0.717, 1.165) is 28.8 Å². The van der Waals surface area contributed by atoms with Crippen molar-refractivity contribution in [2.75, 3.05) is 23.1 Å². The molecule has 0 saturated carbocycles. The van der Waals surface area contributed by atoms with Crippen molar-refractivity contribution >= 4 is 46.2 Å². The molecule has 0 fully saturated rings. The zero-order valence-corrected chi connectivity index (χ0v) is 17.4.